The smallest absolute Gasteiger partial charge is 0.206 e. The summed E-state index contributed by atoms with van der Waals surface area (Å²) in [5.41, 5.74) is 0. The molecule has 0 radical (unpaired) electrons. The zero-order chi connectivity index (χ0) is 5.91. The summed E-state index contributed by atoms with van der Waals surface area (Å²) in [6.07, 6.45) is -0.0457. The van der Waals surface area contributed by atoms with Crippen LogP contribution in [0.3, 0.4) is 0 Å². The minimum Gasteiger partial charge on any atom is -0.206 e. The molecule has 44 valence electrons. The van der Waals surface area contributed by atoms with Crippen LogP contribution in [0.1, 0.15) is 13.3 Å². The van der Waals surface area contributed by atoms with Gasteiger partial charge in [0.05, 0.1) is 4.43 Å². The van der Waals surface area contributed by atoms with Crippen LogP contribution in [-0.2, 0) is 0 Å². The molecular formula is C4H7F2I. The van der Waals surface area contributed by atoms with Crippen LogP contribution >= 0.6 is 22.6 Å². The van der Waals surface area contributed by atoms with Crippen LogP contribution in [0, 0.1) is 0 Å². The van der Waals surface area contributed by atoms with Crippen LogP contribution < -0.4 is 0 Å². The number of rotatable bonds is 2. The number of hydrogen-bond donors (Lipinski definition) is 0. The summed E-state index contributed by atoms with van der Waals surface area (Å²) >= 11 is 1.68. The van der Waals surface area contributed by atoms with E-state index in [2.05, 4.69) is 0 Å². The van der Waals surface area contributed by atoms with E-state index in [0.717, 1.165) is 0 Å². The first-order valence-electron chi connectivity index (χ1n) is 2.06. The standard InChI is InChI=1S/C4H7F2I/c1-2-4(5,6)3-7/h2-3H2,1H3. The van der Waals surface area contributed by atoms with Gasteiger partial charge in [-0.15, -0.1) is 0 Å². The molecular weight excluding hydrogens is 213 g/mol. The highest BCUT2D eigenvalue weighted by Gasteiger charge is 2.23. The summed E-state index contributed by atoms with van der Waals surface area (Å²) in [7, 11) is 0. The molecule has 0 saturated heterocycles. The Balaban J connectivity index is 3.36. The van der Waals surface area contributed by atoms with Gasteiger partial charge in [-0.3, -0.25) is 0 Å². The molecule has 0 aromatic rings. The molecule has 0 aromatic heterocycles. The molecule has 0 aromatic carbocycles. The molecule has 0 spiro atoms. The molecule has 0 heterocycles. The van der Waals surface area contributed by atoms with E-state index in [1.165, 1.54) is 6.92 Å². The van der Waals surface area contributed by atoms with Crippen molar-refractivity contribution in [1.29, 1.82) is 0 Å². The van der Waals surface area contributed by atoms with Gasteiger partial charge >= 0.3 is 0 Å². The molecule has 0 unspecified atom stereocenters. The minimum absolute atomic E-state index is 0.0457. The van der Waals surface area contributed by atoms with Crippen molar-refractivity contribution >= 4 is 22.6 Å². The van der Waals surface area contributed by atoms with Crippen molar-refractivity contribution in [2.24, 2.45) is 0 Å². The summed E-state index contributed by atoms with van der Waals surface area (Å²) in [5, 5.41) is 0. The van der Waals surface area contributed by atoms with E-state index in [9.17, 15) is 8.78 Å². The highest BCUT2D eigenvalue weighted by atomic mass is 127. The molecule has 0 aliphatic heterocycles. The zero-order valence-corrected chi connectivity index (χ0v) is 6.21. The largest absolute Gasteiger partial charge is 0.256 e. The fourth-order valence-corrected chi connectivity index (χ4v) is 0.634. The van der Waals surface area contributed by atoms with Crippen molar-refractivity contribution in [3.8, 4) is 0 Å². The highest BCUT2D eigenvalue weighted by Crippen LogP contribution is 2.19. The van der Waals surface area contributed by atoms with Crippen LogP contribution in [0.5, 0.6) is 0 Å². The molecule has 0 nitrogen and oxygen atoms in total. The average Bonchev–Trinajstić information content (AvgIpc) is 1.68. The van der Waals surface area contributed by atoms with Gasteiger partial charge in [0, 0.05) is 6.42 Å². The number of halogens is 3. The maximum atomic E-state index is 11.9. The van der Waals surface area contributed by atoms with Crippen molar-refractivity contribution in [2.45, 2.75) is 19.3 Å². The lowest BCUT2D eigenvalue weighted by atomic mass is 10.3. The normalized spacial score (nSPS) is 12.0. The van der Waals surface area contributed by atoms with Gasteiger partial charge in [0.1, 0.15) is 0 Å². The Kier molecular flexibility index (Phi) is 3.03. The van der Waals surface area contributed by atoms with E-state index >= 15 is 0 Å². The lowest BCUT2D eigenvalue weighted by Gasteiger charge is -2.07. The van der Waals surface area contributed by atoms with E-state index in [4.69, 9.17) is 0 Å². The quantitative estimate of drug-likeness (QED) is 0.495. The fraction of sp³-hybridized carbons (Fsp3) is 1.00. The van der Waals surface area contributed by atoms with E-state index in [1.54, 1.807) is 22.6 Å². The summed E-state index contributed by atoms with van der Waals surface area (Å²) in [5.74, 6) is -2.43. The molecule has 0 rings (SSSR count). The second-order valence-electron chi connectivity index (χ2n) is 1.34. The topological polar surface area (TPSA) is 0 Å². The van der Waals surface area contributed by atoms with Gasteiger partial charge in [-0.25, -0.2) is 8.78 Å². The molecule has 0 fully saturated rings. The van der Waals surface area contributed by atoms with Gasteiger partial charge in [0.15, 0.2) is 0 Å². The van der Waals surface area contributed by atoms with Gasteiger partial charge in [0.2, 0.25) is 0 Å². The zero-order valence-electron chi connectivity index (χ0n) is 4.05. The van der Waals surface area contributed by atoms with Crippen LogP contribution in [0.2, 0.25) is 0 Å². The average molecular weight is 220 g/mol. The lowest BCUT2D eigenvalue weighted by Crippen LogP contribution is -2.14. The number of alkyl halides is 3. The van der Waals surface area contributed by atoms with Crippen molar-refractivity contribution < 1.29 is 8.78 Å². The van der Waals surface area contributed by atoms with E-state index < -0.39 is 5.92 Å². The summed E-state index contributed by atoms with van der Waals surface area (Å²) in [6, 6.07) is 0. The summed E-state index contributed by atoms with van der Waals surface area (Å²) < 4.78 is 23.7. The fourth-order valence-electron chi connectivity index (χ4n) is 0.0945. The second-order valence-corrected chi connectivity index (χ2v) is 2.11. The van der Waals surface area contributed by atoms with Gasteiger partial charge in [-0.05, 0) is 0 Å². The maximum Gasteiger partial charge on any atom is 0.256 e. The second kappa shape index (κ2) is 2.79. The third-order valence-electron chi connectivity index (χ3n) is 0.713. The summed E-state index contributed by atoms with van der Waals surface area (Å²) in [4.78, 5) is 0. The molecule has 7 heavy (non-hydrogen) atoms. The molecule has 3 heteroatoms. The van der Waals surface area contributed by atoms with Crippen molar-refractivity contribution in [2.75, 3.05) is 4.43 Å². The first-order valence-corrected chi connectivity index (χ1v) is 3.59. The minimum atomic E-state index is -2.43. The maximum absolute atomic E-state index is 11.9. The third kappa shape index (κ3) is 3.20. The van der Waals surface area contributed by atoms with Gasteiger partial charge in [-0.2, -0.15) is 0 Å². The van der Waals surface area contributed by atoms with Gasteiger partial charge < -0.3 is 0 Å². The Morgan fingerprint density at radius 3 is 2.00 bits per heavy atom. The van der Waals surface area contributed by atoms with Crippen molar-refractivity contribution in [3.63, 3.8) is 0 Å². The van der Waals surface area contributed by atoms with Crippen LogP contribution in [0.4, 0.5) is 8.78 Å². The first-order chi connectivity index (χ1) is 3.12. The Morgan fingerprint density at radius 2 is 2.00 bits per heavy atom. The summed E-state index contributed by atoms with van der Waals surface area (Å²) in [6.45, 7) is 1.48. The van der Waals surface area contributed by atoms with Crippen LogP contribution in [-0.4, -0.2) is 10.4 Å². The van der Waals surface area contributed by atoms with E-state index in [-0.39, 0.29) is 10.8 Å². The monoisotopic (exact) mass is 220 g/mol. The molecule has 0 amide bonds. The van der Waals surface area contributed by atoms with Gasteiger partial charge in [-0.1, -0.05) is 29.5 Å². The predicted molar refractivity (Wildman–Crippen MR) is 34.1 cm³/mol. The van der Waals surface area contributed by atoms with Crippen LogP contribution in [0.15, 0.2) is 0 Å². The molecule has 0 saturated carbocycles. The van der Waals surface area contributed by atoms with E-state index in [0.29, 0.717) is 0 Å². The highest BCUT2D eigenvalue weighted by molar-refractivity contribution is 14.1. The van der Waals surface area contributed by atoms with E-state index in [1.807, 2.05) is 0 Å². The Labute approximate surface area is 55.4 Å². The van der Waals surface area contributed by atoms with Crippen molar-refractivity contribution in [1.82, 2.24) is 0 Å². The Hall–Kier alpha value is 0.590. The SMILES string of the molecule is CCC(F)(F)CI. The Bertz CT molecular complexity index is 47.7. The molecule has 0 N–H and O–H groups in total. The Morgan fingerprint density at radius 1 is 1.57 bits per heavy atom. The lowest BCUT2D eigenvalue weighted by molar-refractivity contribution is 0.0268. The molecule has 0 atom stereocenters. The molecule has 0 bridgehead atoms. The third-order valence-corrected chi connectivity index (χ3v) is 1.83. The van der Waals surface area contributed by atoms with Crippen molar-refractivity contribution in [3.05, 3.63) is 0 Å². The first kappa shape index (κ1) is 7.59. The molecule has 0 aliphatic carbocycles. The predicted octanol–water partition coefficient (Wildman–Crippen LogP) is 2.47. The van der Waals surface area contributed by atoms with Crippen LogP contribution in [0.25, 0.3) is 0 Å². The molecule has 0 aliphatic rings. The van der Waals surface area contributed by atoms with Gasteiger partial charge in [0.25, 0.3) is 5.92 Å². The number of hydrogen-bond acceptors (Lipinski definition) is 0.